The van der Waals surface area contributed by atoms with E-state index in [4.69, 9.17) is 0 Å². The van der Waals surface area contributed by atoms with Crippen LogP contribution in [-0.4, -0.2) is 30.1 Å². The zero-order valence-corrected chi connectivity index (χ0v) is 8.68. The molecule has 0 aromatic carbocycles. The van der Waals surface area contributed by atoms with Gasteiger partial charge in [-0.1, -0.05) is 26.7 Å². The van der Waals surface area contributed by atoms with E-state index < -0.39 is 0 Å². The Kier molecular flexibility index (Phi) is 4.22. The van der Waals surface area contributed by atoms with Gasteiger partial charge in [0.2, 0.25) is 5.91 Å². The summed E-state index contributed by atoms with van der Waals surface area (Å²) in [4.78, 5) is 13.6. The van der Waals surface area contributed by atoms with Gasteiger partial charge in [0.25, 0.3) is 0 Å². The molecule has 1 aliphatic heterocycles. The highest BCUT2D eigenvalue weighted by atomic mass is 16.2. The Labute approximate surface area is 80.5 Å². The molecule has 3 heteroatoms. The van der Waals surface area contributed by atoms with Gasteiger partial charge < -0.3 is 4.90 Å². The van der Waals surface area contributed by atoms with Crippen LogP contribution in [0.1, 0.15) is 39.5 Å². The molecule has 0 aliphatic carbocycles. The molecule has 1 atom stereocenters. The maximum absolute atomic E-state index is 11.7. The zero-order valence-electron chi connectivity index (χ0n) is 8.68. The molecule has 0 radical (unpaired) electrons. The van der Waals surface area contributed by atoms with Gasteiger partial charge in [0.1, 0.15) is 0 Å². The number of nitrogens with one attached hydrogen (secondary N) is 1. The molecule has 1 aliphatic rings. The van der Waals surface area contributed by atoms with E-state index in [0.29, 0.717) is 5.91 Å². The lowest BCUT2D eigenvalue weighted by Crippen LogP contribution is -2.30. The highest BCUT2D eigenvalue weighted by molar-refractivity contribution is 5.83. The third kappa shape index (κ3) is 2.69. The lowest BCUT2D eigenvalue weighted by atomic mass is 10.1. The number of unbranched alkanes of at least 4 members (excludes halogenated alkanes) is 1. The molecule has 0 aromatic rings. The summed E-state index contributed by atoms with van der Waals surface area (Å²) < 4.78 is 0. The number of nitrogens with zero attached hydrogens (tertiary/aromatic N) is 1. The maximum atomic E-state index is 11.7. The standard InChI is InChI=1S/C10H20N2O/c1-3-5-7-12-8-11-9(6-4-2)10(12)13/h9,11H,3-8H2,1-2H3. The van der Waals surface area contributed by atoms with E-state index in [9.17, 15) is 4.79 Å². The van der Waals surface area contributed by atoms with Crippen LogP contribution in [0.15, 0.2) is 0 Å². The molecule has 0 bridgehead atoms. The van der Waals surface area contributed by atoms with Gasteiger partial charge in [-0.15, -0.1) is 0 Å². The Morgan fingerprint density at radius 1 is 1.46 bits per heavy atom. The quantitative estimate of drug-likeness (QED) is 0.699. The lowest BCUT2D eigenvalue weighted by Gasteiger charge is -2.14. The van der Waals surface area contributed by atoms with Crippen molar-refractivity contribution in [1.82, 2.24) is 10.2 Å². The SMILES string of the molecule is CCCCN1CNC(CCC)C1=O. The largest absolute Gasteiger partial charge is 0.329 e. The van der Waals surface area contributed by atoms with E-state index in [1.54, 1.807) is 0 Å². The van der Waals surface area contributed by atoms with Gasteiger partial charge in [-0.05, 0) is 12.8 Å². The van der Waals surface area contributed by atoms with Crippen molar-refractivity contribution < 1.29 is 4.79 Å². The van der Waals surface area contributed by atoms with Crippen molar-refractivity contribution in [2.45, 2.75) is 45.6 Å². The van der Waals surface area contributed by atoms with Crippen molar-refractivity contribution in [3.05, 3.63) is 0 Å². The van der Waals surface area contributed by atoms with E-state index >= 15 is 0 Å². The molecule has 0 saturated carbocycles. The molecule has 1 amide bonds. The molecule has 1 unspecified atom stereocenters. The summed E-state index contributed by atoms with van der Waals surface area (Å²) in [7, 11) is 0. The van der Waals surface area contributed by atoms with Crippen LogP contribution in [0.5, 0.6) is 0 Å². The molecule has 76 valence electrons. The van der Waals surface area contributed by atoms with E-state index in [-0.39, 0.29) is 6.04 Å². The third-order valence-corrected chi connectivity index (χ3v) is 2.50. The number of rotatable bonds is 5. The van der Waals surface area contributed by atoms with Crippen molar-refractivity contribution in [2.24, 2.45) is 0 Å². The second-order valence-electron chi connectivity index (χ2n) is 3.66. The Morgan fingerprint density at radius 3 is 2.85 bits per heavy atom. The summed E-state index contributed by atoms with van der Waals surface area (Å²) in [6.07, 6.45) is 4.32. The summed E-state index contributed by atoms with van der Waals surface area (Å²) in [5.41, 5.74) is 0. The number of amides is 1. The highest BCUT2D eigenvalue weighted by Gasteiger charge is 2.29. The van der Waals surface area contributed by atoms with E-state index in [1.165, 1.54) is 0 Å². The van der Waals surface area contributed by atoms with E-state index in [2.05, 4.69) is 19.2 Å². The van der Waals surface area contributed by atoms with Crippen LogP contribution < -0.4 is 5.32 Å². The average Bonchev–Trinajstić information content (AvgIpc) is 2.46. The molecule has 1 fully saturated rings. The second-order valence-corrected chi connectivity index (χ2v) is 3.66. The number of carbonyl (C=O) groups is 1. The molecule has 1 N–H and O–H groups in total. The fourth-order valence-electron chi connectivity index (χ4n) is 1.66. The first-order valence-corrected chi connectivity index (χ1v) is 5.31. The first-order chi connectivity index (χ1) is 6.29. The van der Waals surface area contributed by atoms with Crippen LogP contribution in [0.3, 0.4) is 0 Å². The van der Waals surface area contributed by atoms with Crippen molar-refractivity contribution in [1.29, 1.82) is 0 Å². The predicted molar refractivity (Wildman–Crippen MR) is 53.3 cm³/mol. The molecule has 0 aromatic heterocycles. The number of hydrogen-bond acceptors (Lipinski definition) is 2. The van der Waals surface area contributed by atoms with Gasteiger partial charge in [-0.2, -0.15) is 0 Å². The summed E-state index contributed by atoms with van der Waals surface area (Å²) in [6, 6.07) is 0.0989. The molecule has 1 heterocycles. The van der Waals surface area contributed by atoms with Crippen molar-refractivity contribution >= 4 is 5.91 Å². The highest BCUT2D eigenvalue weighted by Crippen LogP contribution is 2.09. The van der Waals surface area contributed by atoms with Crippen LogP contribution in [-0.2, 0) is 4.79 Å². The van der Waals surface area contributed by atoms with Crippen LogP contribution in [0, 0.1) is 0 Å². The normalized spacial score (nSPS) is 22.8. The molecule has 1 rings (SSSR count). The molecular weight excluding hydrogens is 164 g/mol. The summed E-state index contributed by atoms with van der Waals surface area (Å²) in [6.45, 7) is 5.94. The fourth-order valence-corrected chi connectivity index (χ4v) is 1.66. The first-order valence-electron chi connectivity index (χ1n) is 5.31. The summed E-state index contributed by atoms with van der Waals surface area (Å²) >= 11 is 0. The summed E-state index contributed by atoms with van der Waals surface area (Å²) in [5.74, 6) is 0.301. The second kappa shape index (κ2) is 5.22. The van der Waals surface area contributed by atoms with Crippen LogP contribution in [0.4, 0.5) is 0 Å². The van der Waals surface area contributed by atoms with Gasteiger partial charge in [0, 0.05) is 6.54 Å². The minimum Gasteiger partial charge on any atom is -0.329 e. The molecule has 3 nitrogen and oxygen atoms in total. The summed E-state index contributed by atoms with van der Waals surface area (Å²) in [5, 5.41) is 3.24. The van der Waals surface area contributed by atoms with Crippen LogP contribution >= 0.6 is 0 Å². The van der Waals surface area contributed by atoms with Gasteiger partial charge in [-0.25, -0.2) is 0 Å². The van der Waals surface area contributed by atoms with Crippen molar-refractivity contribution in [2.75, 3.05) is 13.2 Å². The first kappa shape index (κ1) is 10.5. The van der Waals surface area contributed by atoms with Crippen LogP contribution in [0.25, 0.3) is 0 Å². The van der Waals surface area contributed by atoms with Crippen molar-refractivity contribution in [3.8, 4) is 0 Å². The number of hydrogen-bond donors (Lipinski definition) is 1. The number of carbonyl (C=O) groups excluding carboxylic acids is 1. The van der Waals surface area contributed by atoms with Crippen LogP contribution in [0.2, 0.25) is 0 Å². The average molecular weight is 184 g/mol. The minimum absolute atomic E-state index is 0.0989. The van der Waals surface area contributed by atoms with Gasteiger partial charge in [-0.3, -0.25) is 10.1 Å². The molecular formula is C10H20N2O. The van der Waals surface area contributed by atoms with Crippen molar-refractivity contribution in [3.63, 3.8) is 0 Å². The van der Waals surface area contributed by atoms with Gasteiger partial charge in [0.15, 0.2) is 0 Å². The Bertz CT molecular complexity index is 170. The van der Waals surface area contributed by atoms with E-state index in [1.807, 2.05) is 4.90 Å². The Hall–Kier alpha value is -0.570. The zero-order chi connectivity index (χ0) is 9.68. The topological polar surface area (TPSA) is 32.3 Å². The molecule has 0 spiro atoms. The lowest BCUT2D eigenvalue weighted by molar-refractivity contribution is -0.129. The smallest absolute Gasteiger partial charge is 0.240 e. The maximum Gasteiger partial charge on any atom is 0.240 e. The van der Waals surface area contributed by atoms with E-state index in [0.717, 1.165) is 38.9 Å². The van der Waals surface area contributed by atoms with Gasteiger partial charge >= 0.3 is 0 Å². The molecule has 13 heavy (non-hydrogen) atoms. The Morgan fingerprint density at radius 2 is 2.23 bits per heavy atom. The minimum atomic E-state index is 0.0989. The predicted octanol–water partition coefficient (Wildman–Crippen LogP) is 1.34. The van der Waals surface area contributed by atoms with Gasteiger partial charge in [0.05, 0.1) is 12.7 Å². The monoisotopic (exact) mass is 184 g/mol. The third-order valence-electron chi connectivity index (χ3n) is 2.50. The Balaban J connectivity index is 2.32. The fraction of sp³-hybridized carbons (Fsp3) is 0.900. The molecule has 1 saturated heterocycles.